The minimum atomic E-state index is -0.0466. The van der Waals surface area contributed by atoms with E-state index in [1.807, 2.05) is 35.3 Å². The number of nitrogens with two attached hydrogens (primary N) is 1. The third-order valence-corrected chi connectivity index (χ3v) is 4.48. The van der Waals surface area contributed by atoms with Crippen LogP contribution in [0.4, 0.5) is 0 Å². The molecule has 0 bridgehead atoms. The zero-order chi connectivity index (χ0) is 14.8. The lowest BCUT2D eigenvalue weighted by molar-refractivity contribution is -0.139. The van der Waals surface area contributed by atoms with Gasteiger partial charge in [0, 0.05) is 25.7 Å². The lowest BCUT2D eigenvalue weighted by Gasteiger charge is -2.41. The summed E-state index contributed by atoms with van der Waals surface area (Å²) < 4.78 is 0. The van der Waals surface area contributed by atoms with E-state index in [1.165, 1.54) is 5.56 Å². The smallest absolute Gasteiger partial charge is 0.230 e. The van der Waals surface area contributed by atoms with Crippen LogP contribution in [0.3, 0.4) is 0 Å². The van der Waals surface area contributed by atoms with Crippen molar-refractivity contribution < 1.29 is 4.79 Å². The molecule has 112 valence electrons. The van der Waals surface area contributed by atoms with Gasteiger partial charge in [-0.15, -0.1) is 0 Å². The Morgan fingerprint density at radius 2 is 1.95 bits per heavy atom. The van der Waals surface area contributed by atoms with Crippen LogP contribution in [-0.2, 0) is 4.79 Å². The maximum Gasteiger partial charge on any atom is 0.230 e. The zero-order valence-corrected chi connectivity index (χ0v) is 12.5. The summed E-state index contributed by atoms with van der Waals surface area (Å²) in [6.45, 7) is 2.60. The monoisotopic (exact) mass is 285 g/mol. The summed E-state index contributed by atoms with van der Waals surface area (Å²) in [7, 11) is 2.11. The molecule has 4 heteroatoms. The molecule has 1 fully saturated rings. The molecule has 4 nitrogen and oxygen atoms in total. The van der Waals surface area contributed by atoms with Crippen molar-refractivity contribution in [2.24, 2.45) is 11.7 Å². The lowest BCUT2D eigenvalue weighted by Crippen LogP contribution is -2.50. The highest BCUT2D eigenvalue weighted by Gasteiger charge is 2.34. The third kappa shape index (κ3) is 3.01. The standard InChI is InChI=1S/C17H23N3O/c1-19-9-10-20(17(21)14-7-8-15(18)11-14)16(12-19)13-5-3-2-4-6-13/h2-8,14-16H,9-12,18H2,1H3. The summed E-state index contributed by atoms with van der Waals surface area (Å²) in [6, 6.07) is 10.5. The van der Waals surface area contributed by atoms with Crippen molar-refractivity contribution in [3.05, 3.63) is 48.0 Å². The largest absolute Gasteiger partial charge is 0.333 e. The molecule has 0 spiro atoms. The minimum Gasteiger partial charge on any atom is -0.333 e. The Morgan fingerprint density at radius 1 is 1.19 bits per heavy atom. The van der Waals surface area contributed by atoms with Gasteiger partial charge < -0.3 is 15.5 Å². The number of carbonyl (C=O) groups excluding carboxylic acids is 1. The quantitative estimate of drug-likeness (QED) is 0.836. The SMILES string of the molecule is CN1CCN(C(=O)C2C=CC(N)C2)C(c2ccccc2)C1. The molecule has 3 unspecified atom stereocenters. The van der Waals surface area contributed by atoms with Gasteiger partial charge in [0.15, 0.2) is 0 Å². The van der Waals surface area contributed by atoms with Gasteiger partial charge in [-0.1, -0.05) is 42.5 Å². The maximum absolute atomic E-state index is 12.8. The van der Waals surface area contributed by atoms with Crippen molar-refractivity contribution in [3.8, 4) is 0 Å². The molecule has 2 aliphatic rings. The second-order valence-electron chi connectivity index (χ2n) is 6.11. The van der Waals surface area contributed by atoms with Crippen LogP contribution in [0.25, 0.3) is 0 Å². The summed E-state index contributed by atoms with van der Waals surface area (Å²) in [6.07, 6.45) is 4.68. The van der Waals surface area contributed by atoms with E-state index in [-0.39, 0.29) is 23.9 Å². The van der Waals surface area contributed by atoms with Crippen molar-refractivity contribution in [1.82, 2.24) is 9.80 Å². The summed E-state index contributed by atoms with van der Waals surface area (Å²) in [5.74, 6) is 0.177. The molecule has 1 aromatic carbocycles. The second-order valence-corrected chi connectivity index (χ2v) is 6.11. The van der Waals surface area contributed by atoms with Gasteiger partial charge in [-0.2, -0.15) is 0 Å². The van der Waals surface area contributed by atoms with Gasteiger partial charge in [-0.05, 0) is 19.0 Å². The van der Waals surface area contributed by atoms with Gasteiger partial charge in [-0.3, -0.25) is 4.79 Å². The van der Waals surface area contributed by atoms with Gasteiger partial charge in [0.1, 0.15) is 0 Å². The molecule has 3 atom stereocenters. The minimum absolute atomic E-state index is 0.0292. The molecule has 21 heavy (non-hydrogen) atoms. The Labute approximate surface area is 126 Å². The van der Waals surface area contributed by atoms with Crippen molar-refractivity contribution >= 4 is 5.91 Å². The summed E-state index contributed by atoms with van der Waals surface area (Å²) in [5, 5.41) is 0. The van der Waals surface area contributed by atoms with Crippen molar-refractivity contribution in [2.75, 3.05) is 26.7 Å². The highest BCUT2D eigenvalue weighted by atomic mass is 16.2. The molecule has 1 aliphatic heterocycles. The number of piperazine rings is 1. The van der Waals surface area contributed by atoms with Crippen LogP contribution in [-0.4, -0.2) is 48.4 Å². The van der Waals surface area contributed by atoms with Gasteiger partial charge >= 0.3 is 0 Å². The second kappa shape index (κ2) is 6.00. The Bertz CT molecular complexity index is 528. The van der Waals surface area contributed by atoms with Crippen molar-refractivity contribution in [2.45, 2.75) is 18.5 Å². The molecule has 0 saturated carbocycles. The number of hydrogen-bond donors (Lipinski definition) is 1. The Hall–Kier alpha value is -1.65. The number of amides is 1. The first-order valence-corrected chi connectivity index (χ1v) is 7.63. The molecular formula is C17H23N3O. The van der Waals surface area contributed by atoms with Crippen LogP contribution in [0.1, 0.15) is 18.0 Å². The summed E-state index contributed by atoms with van der Waals surface area (Å²) >= 11 is 0. The molecule has 1 saturated heterocycles. The zero-order valence-electron chi connectivity index (χ0n) is 12.5. The molecule has 1 aliphatic carbocycles. The van der Waals surface area contributed by atoms with E-state index in [0.717, 1.165) is 26.1 Å². The Kier molecular flexibility index (Phi) is 4.08. The van der Waals surface area contributed by atoms with E-state index < -0.39 is 0 Å². The molecule has 2 N–H and O–H groups in total. The van der Waals surface area contributed by atoms with Crippen LogP contribution < -0.4 is 5.73 Å². The first-order valence-electron chi connectivity index (χ1n) is 7.63. The molecule has 0 radical (unpaired) electrons. The van der Waals surface area contributed by atoms with Crippen LogP contribution >= 0.6 is 0 Å². The lowest BCUT2D eigenvalue weighted by atomic mass is 9.99. The molecule has 1 amide bonds. The molecular weight excluding hydrogens is 262 g/mol. The molecule has 3 rings (SSSR count). The average Bonchev–Trinajstić information content (AvgIpc) is 2.94. The molecule has 1 heterocycles. The number of rotatable bonds is 2. The highest BCUT2D eigenvalue weighted by Crippen LogP contribution is 2.29. The van der Waals surface area contributed by atoms with Gasteiger partial charge in [0.25, 0.3) is 0 Å². The van der Waals surface area contributed by atoms with Gasteiger partial charge in [0.05, 0.1) is 12.0 Å². The summed E-state index contributed by atoms with van der Waals surface area (Å²) in [5.41, 5.74) is 7.11. The number of carbonyl (C=O) groups is 1. The number of nitrogens with zero attached hydrogens (tertiary/aromatic N) is 2. The predicted molar refractivity (Wildman–Crippen MR) is 83.6 cm³/mol. The van der Waals surface area contributed by atoms with E-state index >= 15 is 0 Å². The normalized spacial score (nSPS) is 29.8. The van der Waals surface area contributed by atoms with E-state index in [2.05, 4.69) is 24.1 Å². The fourth-order valence-electron chi connectivity index (χ4n) is 3.27. The fraction of sp³-hybridized carbons (Fsp3) is 0.471. The molecule has 0 aromatic heterocycles. The number of hydrogen-bond acceptors (Lipinski definition) is 3. The summed E-state index contributed by atoms with van der Waals surface area (Å²) in [4.78, 5) is 17.2. The van der Waals surface area contributed by atoms with E-state index in [4.69, 9.17) is 5.73 Å². The van der Waals surface area contributed by atoms with E-state index in [9.17, 15) is 4.79 Å². The predicted octanol–water partition coefficient (Wildman–Crippen LogP) is 1.41. The van der Waals surface area contributed by atoms with Crippen LogP contribution in [0.15, 0.2) is 42.5 Å². The number of likely N-dealkylation sites (N-methyl/N-ethyl adjacent to an activating group) is 1. The first kappa shape index (κ1) is 14.3. The first-order chi connectivity index (χ1) is 10.1. The van der Waals surface area contributed by atoms with Crippen LogP contribution in [0.5, 0.6) is 0 Å². The van der Waals surface area contributed by atoms with Crippen molar-refractivity contribution in [3.63, 3.8) is 0 Å². The highest BCUT2D eigenvalue weighted by molar-refractivity contribution is 5.82. The van der Waals surface area contributed by atoms with E-state index in [0.29, 0.717) is 0 Å². The topological polar surface area (TPSA) is 49.6 Å². The van der Waals surface area contributed by atoms with Gasteiger partial charge in [0.2, 0.25) is 5.91 Å². The Morgan fingerprint density at radius 3 is 2.62 bits per heavy atom. The maximum atomic E-state index is 12.8. The average molecular weight is 285 g/mol. The van der Waals surface area contributed by atoms with Gasteiger partial charge in [-0.25, -0.2) is 0 Å². The third-order valence-electron chi connectivity index (χ3n) is 4.48. The van der Waals surface area contributed by atoms with E-state index in [1.54, 1.807) is 0 Å². The van der Waals surface area contributed by atoms with Crippen LogP contribution in [0, 0.1) is 5.92 Å². The molecule has 1 aromatic rings. The number of benzene rings is 1. The Balaban J connectivity index is 1.81. The fourth-order valence-corrected chi connectivity index (χ4v) is 3.27. The van der Waals surface area contributed by atoms with Crippen LogP contribution in [0.2, 0.25) is 0 Å². The van der Waals surface area contributed by atoms with Crippen molar-refractivity contribution in [1.29, 1.82) is 0 Å².